The summed E-state index contributed by atoms with van der Waals surface area (Å²) in [5.74, 6) is 0.437. The summed E-state index contributed by atoms with van der Waals surface area (Å²) in [6.45, 7) is 1.09. The van der Waals surface area contributed by atoms with E-state index in [0.29, 0.717) is 13.1 Å². The van der Waals surface area contributed by atoms with E-state index in [0.717, 1.165) is 11.3 Å². The topological polar surface area (TPSA) is 57.6 Å². The average molecular weight is 241 g/mol. The highest BCUT2D eigenvalue weighted by molar-refractivity contribution is 7.91. The van der Waals surface area contributed by atoms with Crippen LogP contribution in [0.15, 0.2) is 24.3 Å². The third-order valence-electron chi connectivity index (χ3n) is 2.80. The van der Waals surface area contributed by atoms with Crippen molar-refractivity contribution in [1.29, 1.82) is 0 Å². The molecule has 4 nitrogen and oxygen atoms in total. The molecule has 0 radical (unpaired) electrons. The standard InChI is InChI=1S/C11H15NO3S/c13-9-10-2-1-3-11(8-10)12-4-6-16(14,15)7-5-12/h1-3,8,13H,4-7,9H2. The maximum atomic E-state index is 11.3. The zero-order chi connectivity index (χ0) is 11.6. The Morgan fingerprint density at radius 2 is 1.94 bits per heavy atom. The molecular weight excluding hydrogens is 226 g/mol. The predicted molar refractivity (Wildman–Crippen MR) is 63.2 cm³/mol. The van der Waals surface area contributed by atoms with Crippen molar-refractivity contribution in [1.82, 2.24) is 0 Å². The highest BCUT2D eigenvalue weighted by atomic mass is 32.2. The number of benzene rings is 1. The fraction of sp³-hybridized carbons (Fsp3) is 0.455. The van der Waals surface area contributed by atoms with Crippen molar-refractivity contribution >= 4 is 15.5 Å². The van der Waals surface area contributed by atoms with Crippen molar-refractivity contribution in [2.75, 3.05) is 29.5 Å². The molecule has 0 unspecified atom stereocenters. The molecule has 88 valence electrons. The summed E-state index contributed by atoms with van der Waals surface area (Å²) < 4.78 is 22.6. The van der Waals surface area contributed by atoms with Gasteiger partial charge >= 0.3 is 0 Å². The van der Waals surface area contributed by atoms with Gasteiger partial charge in [-0.05, 0) is 17.7 Å². The number of rotatable bonds is 2. The van der Waals surface area contributed by atoms with Crippen molar-refractivity contribution in [2.45, 2.75) is 6.61 Å². The first-order valence-corrected chi connectivity index (χ1v) is 7.08. The normalized spacial score (nSPS) is 19.7. The summed E-state index contributed by atoms with van der Waals surface area (Å²) >= 11 is 0. The van der Waals surface area contributed by atoms with Gasteiger partial charge in [-0.25, -0.2) is 8.42 Å². The van der Waals surface area contributed by atoms with E-state index < -0.39 is 9.84 Å². The second-order valence-corrected chi connectivity index (χ2v) is 6.27. The third kappa shape index (κ3) is 2.54. The van der Waals surface area contributed by atoms with Gasteiger partial charge in [-0.2, -0.15) is 0 Å². The molecule has 5 heteroatoms. The van der Waals surface area contributed by atoms with E-state index in [-0.39, 0.29) is 18.1 Å². The second kappa shape index (κ2) is 4.43. The van der Waals surface area contributed by atoms with Crippen LogP contribution in [0.4, 0.5) is 5.69 Å². The number of hydrogen-bond acceptors (Lipinski definition) is 4. The van der Waals surface area contributed by atoms with Gasteiger partial charge in [-0.1, -0.05) is 12.1 Å². The van der Waals surface area contributed by atoms with Crippen molar-refractivity contribution in [3.05, 3.63) is 29.8 Å². The van der Waals surface area contributed by atoms with Crippen molar-refractivity contribution in [3.8, 4) is 0 Å². The zero-order valence-electron chi connectivity index (χ0n) is 8.96. The first kappa shape index (κ1) is 11.4. The molecule has 2 rings (SSSR count). The van der Waals surface area contributed by atoms with Crippen molar-refractivity contribution < 1.29 is 13.5 Å². The SMILES string of the molecule is O=S1(=O)CCN(c2cccc(CO)c2)CC1. The minimum Gasteiger partial charge on any atom is -0.392 e. The van der Waals surface area contributed by atoms with Crippen LogP contribution in [0.5, 0.6) is 0 Å². The van der Waals surface area contributed by atoms with Crippen LogP contribution in [0, 0.1) is 0 Å². The van der Waals surface area contributed by atoms with E-state index in [4.69, 9.17) is 5.11 Å². The number of anilines is 1. The average Bonchev–Trinajstić information content (AvgIpc) is 2.29. The Kier molecular flexibility index (Phi) is 3.16. The van der Waals surface area contributed by atoms with Crippen molar-refractivity contribution in [2.24, 2.45) is 0 Å². The molecule has 0 bridgehead atoms. The number of aliphatic hydroxyl groups excluding tert-OH is 1. The minimum absolute atomic E-state index is 0.0139. The minimum atomic E-state index is -2.83. The molecule has 1 N–H and O–H groups in total. The van der Waals surface area contributed by atoms with Gasteiger partial charge in [0.2, 0.25) is 0 Å². The van der Waals surface area contributed by atoms with Gasteiger partial charge < -0.3 is 10.0 Å². The Bertz CT molecular complexity index is 456. The summed E-state index contributed by atoms with van der Waals surface area (Å²) in [5.41, 5.74) is 1.84. The fourth-order valence-electron chi connectivity index (χ4n) is 1.82. The molecule has 1 heterocycles. The zero-order valence-corrected chi connectivity index (χ0v) is 9.78. The molecule has 0 atom stereocenters. The van der Waals surface area contributed by atoms with Crippen LogP contribution in [-0.2, 0) is 16.4 Å². The molecule has 0 aromatic heterocycles. The van der Waals surface area contributed by atoms with Gasteiger partial charge in [0.25, 0.3) is 0 Å². The van der Waals surface area contributed by atoms with Gasteiger partial charge in [0.15, 0.2) is 9.84 Å². The fourth-order valence-corrected chi connectivity index (χ4v) is 3.02. The lowest BCUT2D eigenvalue weighted by Gasteiger charge is -2.29. The highest BCUT2D eigenvalue weighted by Crippen LogP contribution is 2.18. The first-order chi connectivity index (χ1) is 7.61. The molecule has 0 aliphatic carbocycles. The first-order valence-electron chi connectivity index (χ1n) is 5.26. The largest absolute Gasteiger partial charge is 0.392 e. The Labute approximate surface area is 95.4 Å². The molecule has 16 heavy (non-hydrogen) atoms. The van der Waals surface area contributed by atoms with Gasteiger partial charge in [0.1, 0.15) is 0 Å². The molecule has 1 fully saturated rings. The van der Waals surface area contributed by atoms with Crippen molar-refractivity contribution in [3.63, 3.8) is 0 Å². The van der Waals surface area contributed by atoms with Gasteiger partial charge in [-0.15, -0.1) is 0 Å². The number of aliphatic hydroxyl groups is 1. The summed E-state index contributed by atoms with van der Waals surface area (Å²) in [5, 5.41) is 9.03. The molecule has 0 saturated carbocycles. The molecule has 1 saturated heterocycles. The molecular formula is C11H15NO3S. The van der Waals surface area contributed by atoms with E-state index >= 15 is 0 Å². The maximum Gasteiger partial charge on any atom is 0.153 e. The Hall–Kier alpha value is -1.07. The van der Waals surface area contributed by atoms with Gasteiger partial charge in [0, 0.05) is 18.8 Å². The summed E-state index contributed by atoms with van der Waals surface area (Å²) in [7, 11) is -2.83. The molecule has 0 spiro atoms. The molecule has 1 aliphatic rings. The molecule has 0 amide bonds. The summed E-state index contributed by atoms with van der Waals surface area (Å²) in [4.78, 5) is 2.04. The van der Waals surface area contributed by atoms with Gasteiger partial charge in [-0.3, -0.25) is 0 Å². The quantitative estimate of drug-likeness (QED) is 0.815. The predicted octanol–water partition coefficient (Wildman–Crippen LogP) is 0.414. The lowest BCUT2D eigenvalue weighted by Crippen LogP contribution is -2.40. The number of sulfone groups is 1. The van der Waals surface area contributed by atoms with Crippen LogP contribution in [0.3, 0.4) is 0 Å². The second-order valence-electron chi connectivity index (χ2n) is 3.97. The van der Waals surface area contributed by atoms with Crippen LogP contribution in [0.2, 0.25) is 0 Å². The highest BCUT2D eigenvalue weighted by Gasteiger charge is 2.21. The molecule has 1 aromatic carbocycles. The summed E-state index contributed by atoms with van der Waals surface area (Å²) in [6.07, 6.45) is 0. The Balaban J connectivity index is 2.13. The van der Waals surface area contributed by atoms with E-state index in [9.17, 15) is 8.42 Å². The lowest BCUT2D eigenvalue weighted by molar-refractivity contribution is 0.282. The van der Waals surface area contributed by atoms with E-state index in [1.165, 1.54) is 0 Å². The number of nitrogens with zero attached hydrogens (tertiary/aromatic N) is 1. The number of hydrogen-bond donors (Lipinski definition) is 1. The van der Waals surface area contributed by atoms with E-state index in [1.807, 2.05) is 29.2 Å². The van der Waals surface area contributed by atoms with E-state index in [2.05, 4.69) is 0 Å². The van der Waals surface area contributed by atoms with Crippen LogP contribution in [0.1, 0.15) is 5.56 Å². The monoisotopic (exact) mass is 241 g/mol. The maximum absolute atomic E-state index is 11.3. The van der Waals surface area contributed by atoms with E-state index in [1.54, 1.807) is 0 Å². The van der Waals surface area contributed by atoms with Crippen LogP contribution in [0.25, 0.3) is 0 Å². The van der Waals surface area contributed by atoms with Gasteiger partial charge in [0.05, 0.1) is 18.1 Å². The van der Waals surface area contributed by atoms with Crippen LogP contribution >= 0.6 is 0 Å². The van der Waals surface area contributed by atoms with Crippen LogP contribution < -0.4 is 4.90 Å². The Morgan fingerprint density at radius 3 is 2.56 bits per heavy atom. The summed E-state index contributed by atoms with van der Waals surface area (Å²) in [6, 6.07) is 7.57. The molecule has 1 aliphatic heterocycles. The molecule has 1 aromatic rings. The Morgan fingerprint density at radius 1 is 1.25 bits per heavy atom. The third-order valence-corrected chi connectivity index (χ3v) is 4.41. The van der Waals surface area contributed by atoms with Crippen LogP contribution in [-0.4, -0.2) is 38.1 Å². The smallest absolute Gasteiger partial charge is 0.153 e. The lowest BCUT2D eigenvalue weighted by atomic mass is 10.2.